The van der Waals surface area contributed by atoms with Crippen molar-refractivity contribution in [1.82, 2.24) is 9.88 Å². The molecule has 1 aromatic heterocycles. The molecule has 0 unspecified atom stereocenters. The van der Waals surface area contributed by atoms with Gasteiger partial charge in [0.15, 0.2) is 0 Å². The van der Waals surface area contributed by atoms with Gasteiger partial charge in [0.05, 0.1) is 12.5 Å². The van der Waals surface area contributed by atoms with Gasteiger partial charge in [-0.3, -0.25) is 14.4 Å². The number of nitrogens with one attached hydrogen (secondary N) is 2. The number of carboxylic acid groups (broad SMARTS) is 1. The van der Waals surface area contributed by atoms with E-state index in [9.17, 15) is 19.2 Å². The zero-order valence-electron chi connectivity index (χ0n) is 14.6. The number of esters is 1. The molecule has 1 aliphatic rings. The van der Waals surface area contributed by atoms with Gasteiger partial charge >= 0.3 is 18.0 Å². The number of carboxylic acids is 1. The normalized spacial score (nSPS) is 19.4. The van der Waals surface area contributed by atoms with Gasteiger partial charge in [-0.15, -0.1) is 0 Å². The SMILES string of the molecule is CCOC(=O)Cn1cccc(NC(=O)NC2CCC(C(=O)O)CC2)c1=O. The summed E-state index contributed by atoms with van der Waals surface area (Å²) in [6, 6.07) is 2.34. The first kappa shape index (κ1) is 19.5. The Morgan fingerprint density at radius 1 is 1.27 bits per heavy atom. The van der Waals surface area contributed by atoms with Gasteiger partial charge in [0, 0.05) is 12.2 Å². The second-order valence-corrected chi connectivity index (χ2v) is 6.15. The molecule has 1 saturated carbocycles. The van der Waals surface area contributed by atoms with Gasteiger partial charge in [-0.25, -0.2) is 4.79 Å². The lowest BCUT2D eigenvalue weighted by Crippen LogP contribution is -2.42. The summed E-state index contributed by atoms with van der Waals surface area (Å²) in [6.45, 7) is 1.66. The summed E-state index contributed by atoms with van der Waals surface area (Å²) in [4.78, 5) is 46.9. The third-order valence-corrected chi connectivity index (χ3v) is 4.28. The summed E-state index contributed by atoms with van der Waals surface area (Å²) in [6.07, 6.45) is 3.62. The van der Waals surface area contributed by atoms with Crippen LogP contribution in [0.3, 0.4) is 0 Å². The summed E-state index contributed by atoms with van der Waals surface area (Å²) in [7, 11) is 0. The van der Waals surface area contributed by atoms with Crippen LogP contribution in [0.25, 0.3) is 0 Å². The third-order valence-electron chi connectivity index (χ3n) is 4.28. The maximum Gasteiger partial charge on any atom is 0.326 e. The Bertz CT molecular complexity index is 721. The number of hydrogen-bond acceptors (Lipinski definition) is 5. The summed E-state index contributed by atoms with van der Waals surface area (Å²) in [5, 5.41) is 14.2. The minimum Gasteiger partial charge on any atom is -0.481 e. The van der Waals surface area contributed by atoms with Crippen LogP contribution >= 0.6 is 0 Å². The maximum absolute atomic E-state index is 12.3. The topological polar surface area (TPSA) is 127 Å². The molecule has 0 aliphatic heterocycles. The van der Waals surface area contributed by atoms with E-state index in [1.807, 2.05) is 0 Å². The molecular weight excluding hydrogens is 342 g/mol. The second kappa shape index (κ2) is 9.02. The Balaban J connectivity index is 1.92. The first-order valence-corrected chi connectivity index (χ1v) is 8.56. The lowest BCUT2D eigenvalue weighted by molar-refractivity contribution is -0.144. The van der Waals surface area contributed by atoms with E-state index in [4.69, 9.17) is 9.84 Å². The van der Waals surface area contributed by atoms with Gasteiger partial charge in [-0.05, 0) is 44.7 Å². The van der Waals surface area contributed by atoms with E-state index >= 15 is 0 Å². The van der Waals surface area contributed by atoms with Crippen LogP contribution in [-0.2, 0) is 20.9 Å². The minimum atomic E-state index is -0.806. The molecule has 1 aliphatic carbocycles. The van der Waals surface area contributed by atoms with E-state index < -0.39 is 23.5 Å². The molecule has 2 amide bonds. The van der Waals surface area contributed by atoms with E-state index in [1.54, 1.807) is 13.0 Å². The average molecular weight is 365 g/mol. The highest BCUT2D eigenvalue weighted by Crippen LogP contribution is 2.24. The van der Waals surface area contributed by atoms with Crippen molar-refractivity contribution in [3.63, 3.8) is 0 Å². The molecule has 0 saturated heterocycles. The van der Waals surface area contributed by atoms with Crippen molar-refractivity contribution in [2.45, 2.75) is 45.2 Å². The largest absolute Gasteiger partial charge is 0.481 e. The van der Waals surface area contributed by atoms with E-state index in [1.165, 1.54) is 12.3 Å². The number of amides is 2. The number of aromatic nitrogens is 1. The fraction of sp³-hybridized carbons (Fsp3) is 0.529. The van der Waals surface area contributed by atoms with Crippen molar-refractivity contribution < 1.29 is 24.2 Å². The van der Waals surface area contributed by atoms with Gasteiger partial charge in [0.2, 0.25) is 0 Å². The second-order valence-electron chi connectivity index (χ2n) is 6.15. The summed E-state index contributed by atoms with van der Waals surface area (Å²) >= 11 is 0. The van der Waals surface area contributed by atoms with Crippen LogP contribution in [0.2, 0.25) is 0 Å². The molecule has 0 radical (unpaired) electrons. The fourth-order valence-corrected chi connectivity index (χ4v) is 2.93. The first-order chi connectivity index (χ1) is 12.4. The van der Waals surface area contributed by atoms with Crippen molar-refractivity contribution in [1.29, 1.82) is 0 Å². The molecule has 0 atom stereocenters. The maximum atomic E-state index is 12.3. The summed E-state index contributed by atoms with van der Waals surface area (Å²) < 4.78 is 5.97. The van der Waals surface area contributed by atoms with Crippen LogP contribution < -0.4 is 16.2 Å². The van der Waals surface area contributed by atoms with Crippen molar-refractivity contribution >= 4 is 23.7 Å². The molecule has 0 bridgehead atoms. The van der Waals surface area contributed by atoms with Crippen molar-refractivity contribution in [3.8, 4) is 0 Å². The Labute approximate surface area is 150 Å². The molecule has 1 fully saturated rings. The Kier molecular flexibility index (Phi) is 6.76. The van der Waals surface area contributed by atoms with Crippen LogP contribution in [0.1, 0.15) is 32.6 Å². The zero-order chi connectivity index (χ0) is 19.1. The van der Waals surface area contributed by atoms with E-state index in [2.05, 4.69) is 10.6 Å². The standard InChI is InChI=1S/C17H23N3O6/c1-2-26-14(21)10-20-9-3-4-13(15(20)22)19-17(25)18-12-7-5-11(6-8-12)16(23)24/h3-4,9,11-12H,2,5-8,10H2,1H3,(H,23,24)(H2,18,19,25). The van der Waals surface area contributed by atoms with Crippen molar-refractivity contribution in [3.05, 3.63) is 28.7 Å². The van der Waals surface area contributed by atoms with Crippen molar-refractivity contribution in [2.75, 3.05) is 11.9 Å². The Morgan fingerprint density at radius 2 is 1.96 bits per heavy atom. The van der Waals surface area contributed by atoms with Crippen LogP contribution in [0.4, 0.5) is 10.5 Å². The highest BCUT2D eigenvalue weighted by molar-refractivity contribution is 5.89. The number of carbonyl (C=O) groups is 3. The number of anilines is 1. The highest BCUT2D eigenvalue weighted by atomic mass is 16.5. The molecule has 1 heterocycles. The zero-order valence-corrected chi connectivity index (χ0v) is 14.6. The Morgan fingerprint density at radius 3 is 2.58 bits per heavy atom. The number of urea groups is 1. The van der Waals surface area contributed by atoms with E-state index in [0.29, 0.717) is 25.7 Å². The third kappa shape index (κ3) is 5.33. The quantitative estimate of drug-likeness (QED) is 0.650. The van der Waals surface area contributed by atoms with Crippen LogP contribution in [0.15, 0.2) is 23.1 Å². The lowest BCUT2D eigenvalue weighted by Gasteiger charge is -2.26. The fourth-order valence-electron chi connectivity index (χ4n) is 2.93. The number of ether oxygens (including phenoxy) is 1. The molecular formula is C17H23N3O6. The van der Waals surface area contributed by atoms with E-state index in [0.717, 1.165) is 4.57 Å². The molecule has 0 spiro atoms. The summed E-state index contributed by atoms with van der Waals surface area (Å²) in [5.74, 6) is -1.70. The molecule has 26 heavy (non-hydrogen) atoms. The molecule has 0 aromatic carbocycles. The van der Waals surface area contributed by atoms with Gasteiger partial charge in [0.1, 0.15) is 12.2 Å². The predicted molar refractivity (Wildman–Crippen MR) is 92.9 cm³/mol. The van der Waals surface area contributed by atoms with Crippen LogP contribution in [0, 0.1) is 5.92 Å². The smallest absolute Gasteiger partial charge is 0.326 e. The first-order valence-electron chi connectivity index (χ1n) is 8.56. The van der Waals surface area contributed by atoms with Crippen molar-refractivity contribution in [2.24, 2.45) is 5.92 Å². The number of rotatable bonds is 6. The number of hydrogen-bond donors (Lipinski definition) is 3. The van der Waals surface area contributed by atoms with Gasteiger partial charge in [-0.1, -0.05) is 0 Å². The average Bonchev–Trinajstić information content (AvgIpc) is 2.59. The number of aliphatic carboxylic acids is 1. The van der Waals surface area contributed by atoms with Gasteiger partial charge < -0.3 is 25.0 Å². The predicted octanol–water partition coefficient (Wildman–Crippen LogP) is 1.18. The molecule has 142 valence electrons. The van der Waals surface area contributed by atoms with Crippen LogP contribution in [0.5, 0.6) is 0 Å². The monoisotopic (exact) mass is 365 g/mol. The number of carbonyl (C=O) groups excluding carboxylic acids is 2. The Hall–Kier alpha value is -2.84. The van der Waals surface area contributed by atoms with Gasteiger partial charge in [-0.2, -0.15) is 0 Å². The molecule has 2 rings (SSSR count). The molecule has 9 heteroatoms. The number of nitrogens with zero attached hydrogens (tertiary/aromatic N) is 1. The highest BCUT2D eigenvalue weighted by Gasteiger charge is 2.26. The molecule has 1 aromatic rings. The molecule has 3 N–H and O–H groups in total. The molecule has 9 nitrogen and oxygen atoms in total. The van der Waals surface area contributed by atoms with E-state index in [-0.39, 0.29) is 30.8 Å². The lowest BCUT2D eigenvalue weighted by atomic mass is 9.86. The minimum absolute atomic E-state index is 0.0496. The van der Waals surface area contributed by atoms with Gasteiger partial charge in [0.25, 0.3) is 5.56 Å². The van der Waals surface area contributed by atoms with Crippen LogP contribution in [-0.4, -0.2) is 40.3 Å². The summed E-state index contributed by atoms with van der Waals surface area (Å²) in [5.41, 5.74) is -0.459. The number of pyridine rings is 1.